The zero-order valence-electron chi connectivity index (χ0n) is 17.7. The number of nitrogens with one attached hydrogen (secondary N) is 2. The minimum Gasteiger partial charge on any atom is -0.443 e. The zero-order chi connectivity index (χ0) is 22.5. The number of carbonyl (C=O) groups is 2. The molecular formula is C24H22N4O4S. The predicted molar refractivity (Wildman–Crippen MR) is 127 cm³/mol. The van der Waals surface area contributed by atoms with Crippen molar-refractivity contribution in [1.82, 2.24) is 9.88 Å². The summed E-state index contributed by atoms with van der Waals surface area (Å²) in [6, 6.07) is 15.3. The number of amides is 2. The van der Waals surface area contributed by atoms with Crippen LogP contribution in [-0.2, 0) is 16.0 Å². The average Bonchev–Trinajstić information content (AvgIpc) is 3.37. The quantitative estimate of drug-likeness (QED) is 0.606. The first-order chi connectivity index (χ1) is 16.1. The number of fused-ring (bicyclic) bond motifs is 1. The van der Waals surface area contributed by atoms with E-state index in [1.165, 1.54) is 17.3 Å². The summed E-state index contributed by atoms with van der Waals surface area (Å²) in [5.41, 5.74) is 3.65. The molecule has 2 amide bonds. The van der Waals surface area contributed by atoms with Crippen molar-refractivity contribution in [3.05, 3.63) is 64.4 Å². The molecule has 2 aromatic carbocycles. The van der Waals surface area contributed by atoms with Crippen LogP contribution in [0.1, 0.15) is 11.6 Å². The SMILES string of the molecule is O=C1CSc2ccc(N3C[C@@H](CNC[C@H]4Cc5cccc6ccc(=O)n4c56)OC3=O)cc2N1. The van der Waals surface area contributed by atoms with Crippen molar-refractivity contribution < 1.29 is 14.3 Å². The number of pyridine rings is 1. The van der Waals surface area contributed by atoms with E-state index in [9.17, 15) is 14.4 Å². The number of carbonyl (C=O) groups excluding carboxylic acids is 2. The second kappa shape index (κ2) is 7.93. The zero-order valence-corrected chi connectivity index (χ0v) is 18.6. The molecule has 1 saturated heterocycles. The molecule has 6 rings (SSSR count). The summed E-state index contributed by atoms with van der Waals surface area (Å²) in [6.45, 7) is 1.54. The van der Waals surface area contributed by atoms with Crippen LogP contribution in [-0.4, -0.2) is 48.1 Å². The summed E-state index contributed by atoms with van der Waals surface area (Å²) in [5.74, 6) is 0.359. The fourth-order valence-corrected chi connectivity index (χ4v) is 5.70. The number of rotatable bonds is 5. The van der Waals surface area contributed by atoms with Gasteiger partial charge in [-0.05, 0) is 41.6 Å². The molecule has 168 valence electrons. The second-order valence-corrected chi connectivity index (χ2v) is 9.56. The van der Waals surface area contributed by atoms with Crippen molar-refractivity contribution in [2.45, 2.75) is 23.5 Å². The smallest absolute Gasteiger partial charge is 0.414 e. The number of benzene rings is 2. The van der Waals surface area contributed by atoms with Crippen LogP contribution in [0.3, 0.4) is 0 Å². The lowest BCUT2D eigenvalue weighted by Crippen LogP contribution is -2.36. The highest BCUT2D eigenvalue weighted by atomic mass is 32.2. The van der Waals surface area contributed by atoms with Gasteiger partial charge in [0.2, 0.25) is 5.91 Å². The predicted octanol–water partition coefficient (Wildman–Crippen LogP) is 2.76. The van der Waals surface area contributed by atoms with E-state index in [4.69, 9.17) is 4.74 Å². The molecule has 33 heavy (non-hydrogen) atoms. The Morgan fingerprint density at radius 3 is 2.91 bits per heavy atom. The first-order valence-corrected chi connectivity index (χ1v) is 11.9. The Morgan fingerprint density at radius 2 is 2.00 bits per heavy atom. The Kier molecular flexibility index (Phi) is 4.88. The second-order valence-electron chi connectivity index (χ2n) is 8.55. The molecule has 3 aromatic rings. The lowest BCUT2D eigenvalue weighted by molar-refractivity contribution is -0.113. The van der Waals surface area contributed by atoms with E-state index in [2.05, 4.69) is 16.7 Å². The molecule has 3 aliphatic rings. The van der Waals surface area contributed by atoms with Gasteiger partial charge in [-0.2, -0.15) is 0 Å². The van der Waals surface area contributed by atoms with E-state index >= 15 is 0 Å². The third-order valence-corrected chi connectivity index (χ3v) is 7.46. The van der Waals surface area contributed by atoms with Crippen molar-refractivity contribution in [2.75, 3.05) is 35.6 Å². The molecular weight excluding hydrogens is 440 g/mol. The number of anilines is 2. The number of aromatic nitrogens is 1. The number of hydrogen-bond donors (Lipinski definition) is 2. The fraction of sp³-hybridized carbons (Fsp3) is 0.292. The van der Waals surface area contributed by atoms with E-state index in [1.807, 2.05) is 41.0 Å². The average molecular weight is 463 g/mol. The Morgan fingerprint density at radius 1 is 1.09 bits per heavy atom. The molecule has 1 fully saturated rings. The lowest BCUT2D eigenvalue weighted by atomic mass is 10.1. The van der Waals surface area contributed by atoms with Crippen LogP contribution in [0.5, 0.6) is 0 Å². The maximum Gasteiger partial charge on any atom is 0.414 e. The molecule has 8 nitrogen and oxygen atoms in total. The fourth-order valence-electron chi connectivity index (χ4n) is 4.92. The Bertz CT molecular complexity index is 1350. The maximum atomic E-state index is 12.5. The molecule has 4 heterocycles. The monoisotopic (exact) mass is 462 g/mol. The minimum absolute atomic E-state index is 0.00961. The third kappa shape index (κ3) is 3.57. The standard InChI is InChI=1S/C24H22N4O4S/c29-21-13-33-20-6-5-16(9-19(20)26-21)27-12-18(32-24(27)31)11-25-10-17-8-15-3-1-2-14-4-7-22(30)28(17)23(14)15/h1-7,9,17-18,25H,8,10-13H2,(H,26,29)/t17-,18-/m1/s1. The molecule has 2 N–H and O–H groups in total. The van der Waals surface area contributed by atoms with Gasteiger partial charge in [0.15, 0.2) is 0 Å². The Balaban J connectivity index is 1.11. The highest BCUT2D eigenvalue weighted by molar-refractivity contribution is 8.00. The van der Waals surface area contributed by atoms with Crippen LogP contribution >= 0.6 is 11.8 Å². The van der Waals surface area contributed by atoms with Crippen LogP contribution in [0.15, 0.2) is 58.2 Å². The lowest BCUT2D eigenvalue weighted by Gasteiger charge is -2.20. The number of thioether (sulfide) groups is 1. The van der Waals surface area contributed by atoms with Gasteiger partial charge in [0.05, 0.1) is 29.5 Å². The van der Waals surface area contributed by atoms with Gasteiger partial charge in [-0.1, -0.05) is 18.2 Å². The number of ether oxygens (including phenoxy) is 1. The number of nitrogens with zero attached hydrogens (tertiary/aromatic N) is 2. The molecule has 2 atom stereocenters. The molecule has 0 aliphatic carbocycles. The molecule has 1 aromatic heterocycles. The van der Waals surface area contributed by atoms with Gasteiger partial charge in [0, 0.05) is 29.7 Å². The topological polar surface area (TPSA) is 92.7 Å². The van der Waals surface area contributed by atoms with E-state index in [0.717, 1.165) is 27.9 Å². The first kappa shape index (κ1) is 20.3. The van der Waals surface area contributed by atoms with Gasteiger partial charge in [-0.3, -0.25) is 14.5 Å². The van der Waals surface area contributed by atoms with Crippen LogP contribution < -0.4 is 21.1 Å². The van der Waals surface area contributed by atoms with Crippen molar-refractivity contribution >= 4 is 46.0 Å². The summed E-state index contributed by atoms with van der Waals surface area (Å²) in [7, 11) is 0. The molecule has 0 bridgehead atoms. The summed E-state index contributed by atoms with van der Waals surface area (Å²) < 4.78 is 7.44. The van der Waals surface area contributed by atoms with Crippen molar-refractivity contribution in [1.29, 1.82) is 0 Å². The summed E-state index contributed by atoms with van der Waals surface area (Å²) >= 11 is 1.49. The number of para-hydroxylation sites is 1. The van der Waals surface area contributed by atoms with Crippen molar-refractivity contribution in [2.24, 2.45) is 0 Å². The van der Waals surface area contributed by atoms with Gasteiger partial charge >= 0.3 is 6.09 Å². The van der Waals surface area contributed by atoms with Crippen LogP contribution in [0.4, 0.5) is 16.2 Å². The molecule has 0 spiro atoms. The minimum atomic E-state index is -0.397. The highest BCUT2D eigenvalue weighted by Crippen LogP contribution is 2.35. The summed E-state index contributed by atoms with van der Waals surface area (Å²) in [6.07, 6.45) is 0.110. The first-order valence-electron chi connectivity index (χ1n) is 11.0. The van der Waals surface area contributed by atoms with Gasteiger partial charge in [0.25, 0.3) is 5.56 Å². The van der Waals surface area contributed by atoms with E-state index in [-0.39, 0.29) is 23.6 Å². The third-order valence-electron chi connectivity index (χ3n) is 6.39. The number of cyclic esters (lactones) is 1. The Hall–Kier alpha value is -3.30. The Labute approximate surface area is 193 Å². The van der Waals surface area contributed by atoms with Gasteiger partial charge in [-0.25, -0.2) is 4.79 Å². The van der Waals surface area contributed by atoms with E-state index < -0.39 is 6.09 Å². The van der Waals surface area contributed by atoms with Gasteiger partial charge in [0.1, 0.15) is 6.10 Å². The molecule has 0 unspecified atom stereocenters. The molecule has 0 saturated carbocycles. The maximum absolute atomic E-state index is 12.5. The summed E-state index contributed by atoms with van der Waals surface area (Å²) in [5, 5.41) is 7.33. The van der Waals surface area contributed by atoms with Crippen LogP contribution in [0.25, 0.3) is 10.9 Å². The largest absolute Gasteiger partial charge is 0.443 e. The normalized spacial score (nSPS) is 21.3. The molecule has 3 aliphatic heterocycles. The van der Waals surface area contributed by atoms with Crippen LogP contribution in [0.2, 0.25) is 0 Å². The van der Waals surface area contributed by atoms with Gasteiger partial charge in [-0.15, -0.1) is 11.8 Å². The molecule has 0 radical (unpaired) electrons. The van der Waals surface area contributed by atoms with Crippen molar-refractivity contribution in [3.8, 4) is 0 Å². The van der Waals surface area contributed by atoms with Crippen molar-refractivity contribution in [3.63, 3.8) is 0 Å². The molecule has 9 heteroatoms. The van der Waals surface area contributed by atoms with E-state index in [1.54, 1.807) is 11.0 Å². The highest BCUT2D eigenvalue weighted by Gasteiger charge is 2.33. The summed E-state index contributed by atoms with van der Waals surface area (Å²) in [4.78, 5) is 39.3. The number of hydrogen-bond acceptors (Lipinski definition) is 6. The van der Waals surface area contributed by atoms with Gasteiger partial charge < -0.3 is 19.9 Å². The van der Waals surface area contributed by atoms with E-state index in [0.29, 0.717) is 31.1 Å². The van der Waals surface area contributed by atoms with Crippen LogP contribution in [0, 0.1) is 0 Å².